The molecule has 7 rings (SSSR count). The number of thioether (sulfide) groups is 1. The molecule has 2 saturated heterocycles. The standard InChI is InChI=1S/C35H32ClN3O4S/c1-22-11-8-16-25(36)30(22)38-20-10-18-35-29(28-27(44-35)17-9-19-37(32(28)41)24-14-6-3-7-15-24)33(42)39(31(35)34(38)43)26(21-40)23-12-4-2-5-13-23/h2-18,26-29,31,40H,19-21H2,1H3/t26-,27+,28-,29+,31?,35+/m1/s1. The van der Waals surface area contributed by atoms with Crippen LogP contribution in [0.3, 0.4) is 0 Å². The van der Waals surface area contributed by atoms with Crippen molar-refractivity contribution in [2.75, 3.05) is 29.5 Å². The largest absolute Gasteiger partial charge is 0.394 e. The van der Waals surface area contributed by atoms with Gasteiger partial charge in [-0.2, -0.15) is 0 Å². The molecule has 0 radical (unpaired) electrons. The molecule has 4 aliphatic heterocycles. The minimum absolute atomic E-state index is 0.140. The number of halogens is 1. The molecule has 0 aliphatic carbocycles. The van der Waals surface area contributed by atoms with Crippen LogP contribution in [0, 0.1) is 18.8 Å². The molecule has 4 aliphatic rings. The Morgan fingerprint density at radius 2 is 1.59 bits per heavy atom. The SMILES string of the molecule is Cc1cccc(Cl)c1N1CC=C[C@]23S[C@H]4C=CCN(c5ccccc5)C(=O)[C@H]4[C@H]2C(=O)N([C@H](CO)c2ccccc2)C3C1=O. The van der Waals surface area contributed by atoms with Crippen LogP contribution in [0.5, 0.6) is 0 Å². The maximum absolute atomic E-state index is 14.9. The van der Waals surface area contributed by atoms with Crippen LogP contribution >= 0.6 is 23.4 Å². The van der Waals surface area contributed by atoms with Gasteiger partial charge in [0, 0.05) is 24.0 Å². The first-order chi connectivity index (χ1) is 21.4. The topological polar surface area (TPSA) is 81.2 Å². The summed E-state index contributed by atoms with van der Waals surface area (Å²) in [5.41, 5.74) is 2.92. The fourth-order valence-corrected chi connectivity index (χ4v) is 9.76. The first kappa shape index (κ1) is 28.9. The van der Waals surface area contributed by atoms with Crippen LogP contribution in [-0.4, -0.2) is 63.5 Å². The Bertz CT molecular complexity index is 1660. The van der Waals surface area contributed by atoms with Crippen LogP contribution in [-0.2, 0) is 14.4 Å². The Morgan fingerprint density at radius 1 is 0.886 bits per heavy atom. The molecule has 44 heavy (non-hydrogen) atoms. The summed E-state index contributed by atoms with van der Waals surface area (Å²) in [7, 11) is 0. The number of hydrogen-bond acceptors (Lipinski definition) is 5. The van der Waals surface area contributed by atoms with E-state index in [2.05, 4.69) is 0 Å². The van der Waals surface area contributed by atoms with Crippen LogP contribution in [0.2, 0.25) is 5.02 Å². The summed E-state index contributed by atoms with van der Waals surface area (Å²) in [6.07, 6.45) is 7.93. The van der Waals surface area contributed by atoms with Crippen molar-refractivity contribution in [3.63, 3.8) is 0 Å². The van der Waals surface area contributed by atoms with E-state index in [0.29, 0.717) is 17.3 Å². The van der Waals surface area contributed by atoms with Crippen molar-refractivity contribution in [1.82, 2.24) is 4.90 Å². The smallest absolute Gasteiger partial charge is 0.251 e. The van der Waals surface area contributed by atoms with Gasteiger partial charge in [0.2, 0.25) is 11.8 Å². The third-order valence-electron chi connectivity index (χ3n) is 9.32. The van der Waals surface area contributed by atoms with E-state index in [9.17, 15) is 19.5 Å². The van der Waals surface area contributed by atoms with Gasteiger partial charge in [-0.25, -0.2) is 0 Å². The van der Waals surface area contributed by atoms with Crippen molar-refractivity contribution in [3.05, 3.63) is 119 Å². The number of hydrogen-bond donors (Lipinski definition) is 1. The zero-order valence-electron chi connectivity index (χ0n) is 24.1. The van der Waals surface area contributed by atoms with Gasteiger partial charge < -0.3 is 19.8 Å². The third-order valence-corrected chi connectivity index (χ3v) is 11.4. The molecule has 2 fully saturated rings. The Kier molecular flexibility index (Phi) is 7.39. The lowest BCUT2D eigenvalue weighted by molar-refractivity contribution is -0.141. The molecule has 6 atom stereocenters. The molecule has 1 spiro atoms. The molecular formula is C35H32ClN3O4S. The van der Waals surface area contributed by atoms with Crippen molar-refractivity contribution in [2.24, 2.45) is 11.8 Å². The molecule has 3 aromatic rings. The molecule has 224 valence electrons. The van der Waals surface area contributed by atoms with E-state index in [0.717, 1.165) is 16.8 Å². The number of carbonyl (C=O) groups excluding carboxylic acids is 3. The Labute approximate surface area is 265 Å². The molecule has 1 unspecified atom stereocenters. The Morgan fingerprint density at radius 3 is 2.30 bits per heavy atom. The number of para-hydroxylation sites is 2. The van der Waals surface area contributed by atoms with Gasteiger partial charge in [0.1, 0.15) is 6.04 Å². The second-order valence-corrected chi connectivity index (χ2v) is 13.6. The van der Waals surface area contributed by atoms with E-state index in [4.69, 9.17) is 11.6 Å². The third kappa shape index (κ3) is 4.34. The number of likely N-dealkylation sites (tertiary alicyclic amines) is 1. The summed E-state index contributed by atoms with van der Waals surface area (Å²) in [5.74, 6) is -2.23. The van der Waals surface area contributed by atoms with Gasteiger partial charge >= 0.3 is 0 Å². The molecule has 4 heterocycles. The summed E-state index contributed by atoms with van der Waals surface area (Å²) < 4.78 is -1.03. The molecule has 9 heteroatoms. The van der Waals surface area contributed by atoms with Gasteiger partial charge in [-0.3, -0.25) is 14.4 Å². The van der Waals surface area contributed by atoms with Crippen molar-refractivity contribution in [1.29, 1.82) is 0 Å². The molecule has 0 bridgehead atoms. The number of rotatable bonds is 5. The number of fused-ring (bicyclic) bond motifs is 2. The fraction of sp³-hybridized carbons (Fsp3) is 0.286. The summed E-state index contributed by atoms with van der Waals surface area (Å²) in [6, 6.07) is 22.5. The number of anilines is 2. The number of aliphatic hydroxyl groups excluding tert-OH is 1. The lowest BCUT2D eigenvalue weighted by Crippen LogP contribution is -2.54. The van der Waals surface area contributed by atoms with Gasteiger partial charge in [0.05, 0.1) is 39.9 Å². The Hall–Kier alpha value is -3.85. The number of aliphatic hydroxyl groups is 1. The fourth-order valence-electron chi connectivity index (χ4n) is 7.45. The summed E-state index contributed by atoms with van der Waals surface area (Å²) in [5, 5.41) is 10.9. The van der Waals surface area contributed by atoms with Gasteiger partial charge in [-0.05, 0) is 36.2 Å². The predicted molar refractivity (Wildman–Crippen MR) is 174 cm³/mol. The van der Waals surface area contributed by atoms with Crippen LogP contribution < -0.4 is 9.80 Å². The second kappa shape index (κ2) is 11.3. The average Bonchev–Trinajstić information content (AvgIpc) is 3.35. The number of aryl methyl sites for hydroxylation is 1. The van der Waals surface area contributed by atoms with Crippen LogP contribution in [0.25, 0.3) is 0 Å². The average molecular weight is 626 g/mol. The molecule has 0 saturated carbocycles. The van der Waals surface area contributed by atoms with Crippen molar-refractivity contribution in [3.8, 4) is 0 Å². The molecule has 3 amide bonds. The molecule has 7 nitrogen and oxygen atoms in total. The summed E-state index contributed by atoms with van der Waals surface area (Å²) in [4.78, 5) is 49.2. The van der Waals surface area contributed by atoms with Crippen molar-refractivity contribution in [2.45, 2.75) is 29.0 Å². The van der Waals surface area contributed by atoms with E-state index in [-0.39, 0.29) is 36.1 Å². The van der Waals surface area contributed by atoms with E-state index in [1.807, 2.05) is 104 Å². The van der Waals surface area contributed by atoms with Crippen molar-refractivity contribution >= 4 is 52.5 Å². The number of nitrogens with zero attached hydrogens (tertiary/aromatic N) is 3. The van der Waals surface area contributed by atoms with Gasteiger partial charge in [0.25, 0.3) is 5.91 Å². The number of amides is 3. The minimum Gasteiger partial charge on any atom is -0.394 e. The molecule has 3 aromatic carbocycles. The van der Waals surface area contributed by atoms with Crippen LogP contribution in [0.1, 0.15) is 17.2 Å². The van der Waals surface area contributed by atoms with Gasteiger partial charge in [-0.1, -0.05) is 96.6 Å². The molecule has 1 N–H and O–H groups in total. The number of benzene rings is 3. The first-order valence-electron chi connectivity index (χ1n) is 14.8. The van der Waals surface area contributed by atoms with Crippen molar-refractivity contribution < 1.29 is 19.5 Å². The Balaban J connectivity index is 1.39. The second-order valence-electron chi connectivity index (χ2n) is 11.7. The zero-order valence-corrected chi connectivity index (χ0v) is 25.7. The minimum atomic E-state index is -1.03. The number of carbonyl (C=O) groups is 3. The highest BCUT2D eigenvalue weighted by Gasteiger charge is 2.72. The van der Waals surface area contributed by atoms with Crippen LogP contribution in [0.4, 0.5) is 11.4 Å². The maximum atomic E-state index is 14.9. The van der Waals surface area contributed by atoms with E-state index in [1.54, 1.807) is 20.8 Å². The van der Waals surface area contributed by atoms with E-state index < -0.39 is 28.7 Å². The predicted octanol–water partition coefficient (Wildman–Crippen LogP) is 5.19. The highest BCUT2D eigenvalue weighted by Crippen LogP contribution is 2.62. The quantitative estimate of drug-likeness (QED) is 0.395. The first-order valence-corrected chi connectivity index (χ1v) is 16.1. The van der Waals surface area contributed by atoms with Crippen LogP contribution in [0.15, 0.2) is 103 Å². The molecular weight excluding hydrogens is 594 g/mol. The van der Waals surface area contributed by atoms with E-state index in [1.165, 1.54) is 11.8 Å². The monoisotopic (exact) mass is 625 g/mol. The maximum Gasteiger partial charge on any atom is 0.251 e. The summed E-state index contributed by atoms with van der Waals surface area (Å²) in [6.45, 7) is 2.19. The normalized spacial score (nSPS) is 28.4. The highest BCUT2D eigenvalue weighted by atomic mass is 35.5. The lowest BCUT2D eigenvalue weighted by Gasteiger charge is -2.39. The van der Waals surface area contributed by atoms with E-state index >= 15 is 0 Å². The van der Waals surface area contributed by atoms with Gasteiger partial charge in [-0.15, -0.1) is 11.8 Å². The summed E-state index contributed by atoms with van der Waals surface area (Å²) >= 11 is 8.21. The highest BCUT2D eigenvalue weighted by molar-refractivity contribution is 8.02. The zero-order chi connectivity index (χ0) is 30.6. The van der Waals surface area contributed by atoms with Gasteiger partial charge in [0.15, 0.2) is 0 Å². The molecule has 0 aromatic heterocycles. The lowest BCUT2D eigenvalue weighted by atomic mass is 9.78.